The molecule has 2 aliphatic rings. The minimum absolute atomic E-state index is 0.0106. The summed E-state index contributed by atoms with van der Waals surface area (Å²) in [6.07, 6.45) is 1.44. The first-order valence-corrected chi connectivity index (χ1v) is 9.61. The molecule has 2 N–H and O–H groups in total. The maximum Gasteiger partial charge on any atom is 0.407 e. The van der Waals surface area contributed by atoms with Crippen molar-refractivity contribution in [1.82, 2.24) is 9.80 Å². The van der Waals surface area contributed by atoms with E-state index in [-0.39, 0.29) is 23.9 Å². The smallest absolute Gasteiger partial charge is 0.407 e. The third kappa shape index (κ3) is 4.18. The number of carbonyl (C=O) groups is 2. The molecule has 8 heteroatoms. The number of benzene rings is 1. The van der Waals surface area contributed by atoms with Gasteiger partial charge in [0.15, 0.2) is 0 Å². The van der Waals surface area contributed by atoms with Crippen LogP contribution in [-0.4, -0.2) is 58.6 Å². The molecule has 0 aliphatic carbocycles. The number of carbonyl (C=O) groups excluding carboxylic acids is 1. The quantitative estimate of drug-likeness (QED) is 0.810. The van der Waals surface area contributed by atoms with Crippen LogP contribution >= 0.6 is 23.2 Å². The normalized spacial score (nSPS) is 26.7. The van der Waals surface area contributed by atoms with Crippen LogP contribution < -0.4 is 5.32 Å². The van der Waals surface area contributed by atoms with Gasteiger partial charge in [0.25, 0.3) is 0 Å². The maximum atomic E-state index is 13.1. The number of amides is 2. The Bertz CT molecular complexity index is 680. The van der Waals surface area contributed by atoms with Gasteiger partial charge in [0, 0.05) is 35.4 Å². The highest BCUT2D eigenvalue weighted by Gasteiger charge is 2.39. The molecule has 142 valence electrons. The van der Waals surface area contributed by atoms with Gasteiger partial charge in [-0.05, 0) is 43.4 Å². The molecule has 3 atom stereocenters. The van der Waals surface area contributed by atoms with Crippen molar-refractivity contribution in [2.75, 3.05) is 25.0 Å². The van der Waals surface area contributed by atoms with Crippen LogP contribution in [0.3, 0.4) is 0 Å². The molecule has 0 radical (unpaired) electrons. The predicted molar refractivity (Wildman–Crippen MR) is 102 cm³/mol. The summed E-state index contributed by atoms with van der Waals surface area (Å²) < 4.78 is 0. The number of nitrogens with one attached hydrogen (secondary N) is 1. The number of rotatable bonds is 3. The van der Waals surface area contributed by atoms with E-state index in [1.165, 1.54) is 4.90 Å². The summed E-state index contributed by atoms with van der Waals surface area (Å²) in [6.45, 7) is 3.65. The van der Waals surface area contributed by atoms with Crippen molar-refractivity contribution in [1.29, 1.82) is 0 Å². The lowest BCUT2D eigenvalue weighted by molar-refractivity contribution is -0.139. The fourth-order valence-electron chi connectivity index (χ4n) is 3.83. The number of anilines is 1. The lowest BCUT2D eigenvalue weighted by Gasteiger charge is -2.45. The minimum Gasteiger partial charge on any atom is -0.465 e. The Morgan fingerprint density at radius 1 is 1.19 bits per heavy atom. The average Bonchev–Trinajstić information content (AvgIpc) is 2.56. The lowest BCUT2D eigenvalue weighted by Crippen LogP contribution is -2.59. The fraction of sp³-hybridized carbons (Fsp3) is 0.556. The molecule has 2 amide bonds. The third-order valence-electron chi connectivity index (χ3n) is 5.27. The molecule has 6 nitrogen and oxygen atoms in total. The molecule has 1 aromatic rings. The Hall–Kier alpha value is -1.66. The van der Waals surface area contributed by atoms with Crippen molar-refractivity contribution in [2.45, 2.75) is 38.3 Å². The highest BCUT2D eigenvalue weighted by Crippen LogP contribution is 2.28. The Labute approximate surface area is 163 Å². The first-order valence-electron chi connectivity index (χ1n) is 8.86. The van der Waals surface area contributed by atoms with Crippen LogP contribution in [0.1, 0.15) is 26.2 Å². The number of carboxylic acid groups (broad SMARTS) is 1. The monoisotopic (exact) mass is 399 g/mol. The summed E-state index contributed by atoms with van der Waals surface area (Å²) >= 11 is 12.1. The van der Waals surface area contributed by atoms with Crippen LogP contribution in [0.2, 0.25) is 10.0 Å². The summed E-state index contributed by atoms with van der Waals surface area (Å²) in [5.41, 5.74) is 0.714. The SMILES string of the molecule is CC1CCN(C(=O)O)CC1N1CCCC(Nc2cc(Cl)cc(Cl)c2)C1=O. The van der Waals surface area contributed by atoms with Gasteiger partial charge in [-0.3, -0.25) is 4.79 Å². The molecule has 2 saturated heterocycles. The summed E-state index contributed by atoms with van der Waals surface area (Å²) in [6, 6.07) is 4.70. The highest BCUT2D eigenvalue weighted by molar-refractivity contribution is 6.35. The van der Waals surface area contributed by atoms with Crippen molar-refractivity contribution in [3.63, 3.8) is 0 Å². The second-order valence-corrected chi connectivity index (χ2v) is 7.96. The number of halogens is 2. The van der Waals surface area contributed by atoms with Crippen LogP contribution in [0.25, 0.3) is 0 Å². The first-order chi connectivity index (χ1) is 12.3. The fourth-order valence-corrected chi connectivity index (χ4v) is 4.36. The van der Waals surface area contributed by atoms with E-state index in [0.717, 1.165) is 19.3 Å². The van der Waals surface area contributed by atoms with Gasteiger partial charge in [0.05, 0.1) is 6.04 Å². The number of hydrogen-bond acceptors (Lipinski definition) is 3. The van der Waals surface area contributed by atoms with Crippen molar-refractivity contribution >= 4 is 40.9 Å². The van der Waals surface area contributed by atoms with Crippen LogP contribution in [0, 0.1) is 5.92 Å². The molecular formula is C18H23Cl2N3O3. The molecule has 2 fully saturated rings. The van der Waals surface area contributed by atoms with Crippen LogP contribution in [-0.2, 0) is 4.79 Å². The predicted octanol–water partition coefficient (Wildman–Crippen LogP) is 3.78. The highest BCUT2D eigenvalue weighted by atomic mass is 35.5. The van der Waals surface area contributed by atoms with Crippen molar-refractivity contribution in [3.8, 4) is 0 Å². The Morgan fingerprint density at radius 2 is 1.88 bits per heavy atom. The summed E-state index contributed by atoms with van der Waals surface area (Å²) in [5, 5.41) is 13.6. The van der Waals surface area contributed by atoms with E-state index in [4.69, 9.17) is 23.2 Å². The van der Waals surface area contributed by atoms with E-state index in [1.54, 1.807) is 18.2 Å². The van der Waals surface area contributed by atoms with E-state index in [1.807, 2.05) is 4.90 Å². The van der Waals surface area contributed by atoms with Gasteiger partial charge >= 0.3 is 6.09 Å². The number of piperidine rings is 2. The Kier molecular flexibility index (Phi) is 5.82. The van der Waals surface area contributed by atoms with Crippen LogP contribution in [0.15, 0.2) is 18.2 Å². The standard InChI is InChI=1S/C18H23Cl2N3O3/c1-11-4-6-22(18(25)26)10-16(11)23-5-2-3-15(17(23)24)21-14-8-12(19)7-13(20)9-14/h7-9,11,15-16,21H,2-6,10H2,1H3,(H,25,26). The van der Waals surface area contributed by atoms with Gasteiger partial charge in [-0.15, -0.1) is 0 Å². The molecule has 0 bridgehead atoms. The zero-order chi connectivity index (χ0) is 18.8. The van der Waals surface area contributed by atoms with Gasteiger partial charge in [-0.2, -0.15) is 0 Å². The number of nitrogens with zero attached hydrogens (tertiary/aromatic N) is 2. The van der Waals surface area contributed by atoms with E-state index >= 15 is 0 Å². The second-order valence-electron chi connectivity index (χ2n) is 7.09. The zero-order valence-electron chi connectivity index (χ0n) is 14.6. The van der Waals surface area contributed by atoms with E-state index in [9.17, 15) is 14.7 Å². The van der Waals surface area contributed by atoms with Gasteiger partial charge in [0.2, 0.25) is 5.91 Å². The van der Waals surface area contributed by atoms with Crippen LogP contribution in [0.4, 0.5) is 10.5 Å². The van der Waals surface area contributed by atoms with Gasteiger partial charge < -0.3 is 20.2 Å². The number of likely N-dealkylation sites (tertiary alicyclic amines) is 2. The molecular weight excluding hydrogens is 377 g/mol. The van der Waals surface area contributed by atoms with Crippen LogP contribution in [0.5, 0.6) is 0 Å². The Balaban J connectivity index is 1.73. The van der Waals surface area contributed by atoms with Crippen molar-refractivity contribution in [2.24, 2.45) is 5.92 Å². The molecule has 2 heterocycles. The first kappa shape index (κ1) is 19.1. The minimum atomic E-state index is -0.922. The average molecular weight is 400 g/mol. The van der Waals surface area contributed by atoms with Crippen molar-refractivity contribution < 1.29 is 14.7 Å². The molecule has 0 aromatic heterocycles. The van der Waals surface area contributed by atoms with Gasteiger partial charge in [0.1, 0.15) is 6.04 Å². The van der Waals surface area contributed by atoms with Gasteiger partial charge in [-0.25, -0.2) is 4.79 Å². The van der Waals surface area contributed by atoms with Crippen molar-refractivity contribution in [3.05, 3.63) is 28.2 Å². The molecule has 2 aliphatic heterocycles. The largest absolute Gasteiger partial charge is 0.465 e. The molecule has 3 rings (SSSR count). The molecule has 0 saturated carbocycles. The molecule has 1 aromatic carbocycles. The molecule has 3 unspecified atom stereocenters. The zero-order valence-corrected chi connectivity index (χ0v) is 16.1. The van der Waals surface area contributed by atoms with E-state index in [0.29, 0.717) is 35.4 Å². The topological polar surface area (TPSA) is 72.9 Å². The van der Waals surface area contributed by atoms with Gasteiger partial charge in [-0.1, -0.05) is 30.1 Å². The summed E-state index contributed by atoms with van der Waals surface area (Å²) in [4.78, 5) is 27.6. The third-order valence-corrected chi connectivity index (χ3v) is 5.70. The molecule has 0 spiro atoms. The lowest BCUT2D eigenvalue weighted by atomic mass is 9.90. The second kappa shape index (κ2) is 7.92. The Morgan fingerprint density at radius 3 is 2.54 bits per heavy atom. The number of hydrogen-bond donors (Lipinski definition) is 2. The van der Waals surface area contributed by atoms with E-state index in [2.05, 4.69) is 12.2 Å². The summed E-state index contributed by atoms with van der Waals surface area (Å²) in [5.74, 6) is 0.283. The summed E-state index contributed by atoms with van der Waals surface area (Å²) in [7, 11) is 0. The molecule has 26 heavy (non-hydrogen) atoms. The van der Waals surface area contributed by atoms with E-state index < -0.39 is 6.09 Å². The maximum absolute atomic E-state index is 13.1.